The molecule has 154 valence electrons. The molecule has 1 aliphatic rings. The maximum atomic E-state index is 12.2. The molecule has 0 radical (unpaired) electrons. The van der Waals surface area contributed by atoms with E-state index in [0.29, 0.717) is 25.8 Å². The molecule has 0 amide bonds. The average molecular weight is 414 g/mol. The molecule has 1 atom stereocenters. The number of benzene rings is 2. The number of nitrogens with zero attached hydrogens (tertiary/aromatic N) is 2. The van der Waals surface area contributed by atoms with Crippen molar-refractivity contribution in [1.29, 1.82) is 0 Å². The van der Waals surface area contributed by atoms with Gasteiger partial charge >= 0.3 is 0 Å². The molecule has 0 heterocycles. The Labute approximate surface area is 172 Å². The van der Waals surface area contributed by atoms with Crippen LogP contribution >= 0.6 is 0 Å². The molecule has 1 aliphatic carbocycles. The van der Waals surface area contributed by atoms with Crippen molar-refractivity contribution in [2.45, 2.75) is 36.5 Å². The topological polar surface area (TPSA) is 92.8 Å². The molecule has 2 N–H and O–H groups in total. The number of nitrogens with two attached hydrogens (primary N) is 1. The van der Waals surface area contributed by atoms with E-state index in [-0.39, 0.29) is 16.6 Å². The number of carbonyl (C=O) groups is 1. The van der Waals surface area contributed by atoms with Crippen molar-refractivity contribution < 1.29 is 13.2 Å². The third-order valence-electron chi connectivity index (χ3n) is 5.23. The van der Waals surface area contributed by atoms with E-state index in [0.717, 1.165) is 23.4 Å². The van der Waals surface area contributed by atoms with Gasteiger partial charge in [0.15, 0.2) is 0 Å². The highest BCUT2D eigenvalue weighted by molar-refractivity contribution is 7.89. The van der Waals surface area contributed by atoms with Gasteiger partial charge in [0, 0.05) is 44.9 Å². The lowest BCUT2D eigenvalue weighted by Gasteiger charge is -2.24. The summed E-state index contributed by atoms with van der Waals surface area (Å²) < 4.78 is 22.6. The fourth-order valence-electron chi connectivity index (χ4n) is 3.59. The largest absolute Gasteiger partial charge is 0.378 e. The second-order valence-electron chi connectivity index (χ2n) is 7.69. The van der Waals surface area contributed by atoms with Crippen molar-refractivity contribution in [1.82, 2.24) is 0 Å². The van der Waals surface area contributed by atoms with Gasteiger partial charge in [0.25, 0.3) is 0 Å². The van der Waals surface area contributed by atoms with Crippen LogP contribution in [0.1, 0.15) is 36.3 Å². The van der Waals surface area contributed by atoms with E-state index in [1.54, 1.807) is 12.1 Å². The standard InChI is InChI=1S/C22H27N3O3S/c1-25(2)20-7-5-17(6-8-20)18-13-19(15-21(26)14-18)24-12-11-16-3-9-22(10-4-16)29(23,27)28/h3-10,18H,11-15H2,1-2H3,(H2,23,27,28)/t18-/m1/s1. The highest BCUT2D eigenvalue weighted by atomic mass is 32.2. The second-order valence-corrected chi connectivity index (χ2v) is 9.25. The van der Waals surface area contributed by atoms with Crippen LogP contribution in [-0.2, 0) is 21.2 Å². The number of sulfonamides is 1. The zero-order valence-electron chi connectivity index (χ0n) is 16.8. The van der Waals surface area contributed by atoms with Gasteiger partial charge in [0.2, 0.25) is 10.0 Å². The van der Waals surface area contributed by atoms with E-state index in [1.807, 2.05) is 14.1 Å². The van der Waals surface area contributed by atoms with Crippen molar-refractivity contribution in [3.05, 3.63) is 59.7 Å². The number of hydrogen-bond acceptors (Lipinski definition) is 5. The van der Waals surface area contributed by atoms with Crippen LogP contribution in [0.15, 0.2) is 58.4 Å². The van der Waals surface area contributed by atoms with Gasteiger partial charge in [-0.3, -0.25) is 9.79 Å². The van der Waals surface area contributed by atoms with Crippen molar-refractivity contribution in [3.8, 4) is 0 Å². The Morgan fingerprint density at radius 1 is 1.03 bits per heavy atom. The first-order valence-corrected chi connectivity index (χ1v) is 11.2. The molecule has 2 aromatic carbocycles. The maximum absolute atomic E-state index is 12.2. The van der Waals surface area contributed by atoms with E-state index in [9.17, 15) is 13.2 Å². The predicted octanol–water partition coefficient (Wildman–Crippen LogP) is 2.92. The molecule has 0 bridgehead atoms. The van der Waals surface area contributed by atoms with Crippen LogP contribution in [0.25, 0.3) is 0 Å². The van der Waals surface area contributed by atoms with E-state index in [1.165, 1.54) is 17.7 Å². The highest BCUT2D eigenvalue weighted by Crippen LogP contribution is 2.31. The van der Waals surface area contributed by atoms with Crippen molar-refractivity contribution in [3.63, 3.8) is 0 Å². The normalized spacial score (nSPS) is 18.8. The number of anilines is 1. The SMILES string of the molecule is CN(C)c1ccc([C@H]2CC(=O)CC(=NCCc3ccc(S(N)(=O)=O)cc3)C2)cc1. The van der Waals surface area contributed by atoms with Gasteiger partial charge in [-0.25, -0.2) is 13.6 Å². The highest BCUT2D eigenvalue weighted by Gasteiger charge is 2.25. The molecule has 1 saturated carbocycles. The fourth-order valence-corrected chi connectivity index (χ4v) is 4.11. The quantitative estimate of drug-likeness (QED) is 0.788. The Bertz CT molecular complexity index is 995. The number of primary sulfonamides is 1. The molecule has 7 heteroatoms. The Hall–Kier alpha value is -2.51. The molecule has 6 nitrogen and oxygen atoms in total. The van der Waals surface area contributed by atoms with Crippen LogP contribution in [0.4, 0.5) is 5.69 Å². The lowest BCUT2D eigenvalue weighted by molar-refractivity contribution is -0.118. The lowest BCUT2D eigenvalue weighted by Crippen LogP contribution is -2.22. The zero-order chi connectivity index (χ0) is 21.0. The minimum atomic E-state index is -3.67. The van der Waals surface area contributed by atoms with Crippen LogP contribution in [0.5, 0.6) is 0 Å². The number of rotatable bonds is 6. The number of hydrogen-bond donors (Lipinski definition) is 1. The summed E-state index contributed by atoms with van der Waals surface area (Å²) >= 11 is 0. The summed E-state index contributed by atoms with van der Waals surface area (Å²) in [5.41, 5.74) is 4.25. The smallest absolute Gasteiger partial charge is 0.238 e. The molecule has 0 aromatic heterocycles. The number of ketones is 1. The summed E-state index contributed by atoms with van der Waals surface area (Å²) in [6.45, 7) is 0.573. The molecule has 29 heavy (non-hydrogen) atoms. The van der Waals surface area contributed by atoms with Crippen molar-refractivity contribution in [2.24, 2.45) is 10.1 Å². The van der Waals surface area contributed by atoms with Crippen LogP contribution in [0.2, 0.25) is 0 Å². The van der Waals surface area contributed by atoms with Crippen LogP contribution in [0.3, 0.4) is 0 Å². The maximum Gasteiger partial charge on any atom is 0.238 e. The first-order chi connectivity index (χ1) is 13.7. The number of Topliss-reactive ketones (excluding diaryl/α,β-unsaturated/α-hetero) is 1. The third kappa shape index (κ3) is 5.74. The summed E-state index contributed by atoms with van der Waals surface area (Å²) in [7, 11) is 0.342. The first-order valence-electron chi connectivity index (χ1n) is 9.65. The molecule has 0 unspecified atom stereocenters. The molecule has 0 aliphatic heterocycles. The number of carbonyl (C=O) groups excluding carboxylic acids is 1. The van der Waals surface area contributed by atoms with E-state index in [2.05, 4.69) is 34.2 Å². The molecule has 2 aromatic rings. The Kier molecular flexibility index (Phi) is 6.49. The fraction of sp³-hybridized carbons (Fsp3) is 0.364. The van der Waals surface area contributed by atoms with Gasteiger partial charge < -0.3 is 4.90 Å². The molecular formula is C22H27N3O3S. The van der Waals surface area contributed by atoms with Crippen LogP contribution in [-0.4, -0.2) is 40.6 Å². The monoisotopic (exact) mass is 413 g/mol. The van der Waals surface area contributed by atoms with Gasteiger partial charge in [-0.05, 0) is 54.2 Å². The Balaban J connectivity index is 1.62. The van der Waals surface area contributed by atoms with Crippen LogP contribution in [0, 0.1) is 0 Å². The predicted molar refractivity (Wildman–Crippen MR) is 116 cm³/mol. The molecule has 0 spiro atoms. The summed E-state index contributed by atoms with van der Waals surface area (Å²) in [5.74, 6) is 0.412. The minimum absolute atomic E-state index is 0.105. The summed E-state index contributed by atoms with van der Waals surface area (Å²) in [5, 5.41) is 5.12. The average Bonchev–Trinajstić information content (AvgIpc) is 2.67. The van der Waals surface area contributed by atoms with E-state index in [4.69, 9.17) is 5.14 Å². The summed E-state index contributed by atoms with van der Waals surface area (Å²) in [6.07, 6.45) is 2.48. The van der Waals surface area contributed by atoms with Gasteiger partial charge in [0.05, 0.1) is 4.90 Å². The zero-order valence-corrected chi connectivity index (χ0v) is 17.7. The minimum Gasteiger partial charge on any atom is -0.378 e. The second kappa shape index (κ2) is 8.88. The molecule has 1 fully saturated rings. The Morgan fingerprint density at radius 2 is 1.69 bits per heavy atom. The molecule has 3 rings (SSSR count). The van der Waals surface area contributed by atoms with Gasteiger partial charge in [-0.15, -0.1) is 0 Å². The molecular weight excluding hydrogens is 386 g/mol. The first kappa shape index (κ1) is 21.2. The van der Waals surface area contributed by atoms with Crippen molar-refractivity contribution >= 4 is 27.2 Å². The van der Waals surface area contributed by atoms with Gasteiger partial charge in [-0.1, -0.05) is 24.3 Å². The van der Waals surface area contributed by atoms with E-state index < -0.39 is 10.0 Å². The van der Waals surface area contributed by atoms with Crippen molar-refractivity contribution in [2.75, 3.05) is 25.5 Å². The van der Waals surface area contributed by atoms with Gasteiger partial charge in [0.1, 0.15) is 5.78 Å². The van der Waals surface area contributed by atoms with E-state index >= 15 is 0 Å². The van der Waals surface area contributed by atoms with Gasteiger partial charge in [-0.2, -0.15) is 0 Å². The lowest BCUT2D eigenvalue weighted by atomic mass is 9.82. The Morgan fingerprint density at radius 3 is 2.28 bits per heavy atom. The summed E-state index contributed by atoms with van der Waals surface area (Å²) in [4.78, 5) is 19.1. The molecule has 0 saturated heterocycles. The third-order valence-corrected chi connectivity index (χ3v) is 6.16. The number of aliphatic imine (C=N–C) groups is 1. The summed E-state index contributed by atoms with van der Waals surface area (Å²) in [6, 6.07) is 14.9. The van der Waals surface area contributed by atoms with Crippen LogP contribution < -0.4 is 10.0 Å².